The predicted octanol–water partition coefficient (Wildman–Crippen LogP) is 3.87. The van der Waals surface area contributed by atoms with Gasteiger partial charge in [-0.05, 0) is 42.8 Å². The van der Waals surface area contributed by atoms with Crippen LogP contribution < -0.4 is 4.72 Å². The van der Waals surface area contributed by atoms with Crippen molar-refractivity contribution in [3.05, 3.63) is 77.9 Å². The molecule has 0 saturated heterocycles. The number of sulfonamides is 1. The molecular weight excluding hydrogens is 366 g/mol. The van der Waals surface area contributed by atoms with Crippen molar-refractivity contribution in [1.29, 1.82) is 0 Å². The van der Waals surface area contributed by atoms with E-state index in [1.807, 2.05) is 6.92 Å². The van der Waals surface area contributed by atoms with Crippen LogP contribution in [0.4, 0.5) is 5.69 Å². The first-order chi connectivity index (χ1) is 12.8. The summed E-state index contributed by atoms with van der Waals surface area (Å²) in [6.07, 6.45) is 0. The second-order valence-electron chi connectivity index (χ2n) is 6.00. The summed E-state index contributed by atoms with van der Waals surface area (Å²) in [5, 5.41) is 18.9. The predicted molar refractivity (Wildman–Crippen MR) is 102 cm³/mol. The Bertz CT molecular complexity index is 1110. The second-order valence-corrected chi connectivity index (χ2v) is 7.68. The molecule has 0 aliphatic carbocycles. The molecule has 3 rings (SSSR count). The quantitative estimate of drug-likeness (QED) is 0.620. The van der Waals surface area contributed by atoms with Crippen molar-refractivity contribution in [2.45, 2.75) is 11.8 Å². The summed E-state index contributed by atoms with van der Waals surface area (Å²) in [6, 6.07) is 17.2. The van der Waals surface area contributed by atoms with Gasteiger partial charge in [0.25, 0.3) is 10.0 Å². The van der Waals surface area contributed by atoms with Crippen LogP contribution in [0.1, 0.15) is 15.9 Å². The highest BCUT2D eigenvalue weighted by Crippen LogP contribution is 2.32. The molecular formula is C20H17NO5S. The van der Waals surface area contributed by atoms with E-state index in [0.717, 1.165) is 5.56 Å². The first kappa shape index (κ1) is 18.5. The molecule has 3 aromatic carbocycles. The summed E-state index contributed by atoms with van der Waals surface area (Å²) in [4.78, 5) is 11.4. The van der Waals surface area contributed by atoms with Crippen LogP contribution in [-0.4, -0.2) is 24.6 Å². The molecule has 0 atom stereocenters. The van der Waals surface area contributed by atoms with E-state index in [0.29, 0.717) is 16.8 Å². The monoisotopic (exact) mass is 383 g/mol. The number of anilines is 1. The van der Waals surface area contributed by atoms with Crippen LogP contribution in [0.2, 0.25) is 0 Å². The highest BCUT2D eigenvalue weighted by molar-refractivity contribution is 7.92. The standard InChI is InChI=1S/C20H17NO5S/c1-13-6-9-15(10-7-13)27(25,26)21-18-5-3-2-4-16(18)14-8-11-19(22)17(12-14)20(23)24/h2-12,21-22H,1H3,(H,23,24). The molecule has 0 heterocycles. The molecule has 7 heteroatoms. The first-order valence-electron chi connectivity index (χ1n) is 8.03. The molecule has 3 N–H and O–H groups in total. The number of aryl methyl sites for hydroxylation is 1. The molecule has 0 aliphatic rings. The third-order valence-electron chi connectivity index (χ3n) is 4.04. The van der Waals surface area contributed by atoms with Crippen molar-refractivity contribution in [2.75, 3.05) is 4.72 Å². The Balaban J connectivity index is 2.04. The summed E-state index contributed by atoms with van der Waals surface area (Å²) >= 11 is 0. The van der Waals surface area contributed by atoms with Gasteiger partial charge in [0.1, 0.15) is 11.3 Å². The molecule has 6 nitrogen and oxygen atoms in total. The van der Waals surface area contributed by atoms with E-state index in [4.69, 9.17) is 0 Å². The number of aromatic carboxylic acids is 1. The summed E-state index contributed by atoms with van der Waals surface area (Å²) in [6.45, 7) is 1.87. The number of aromatic hydroxyl groups is 1. The van der Waals surface area contributed by atoms with Crippen LogP contribution >= 0.6 is 0 Å². The van der Waals surface area contributed by atoms with E-state index in [9.17, 15) is 23.4 Å². The van der Waals surface area contributed by atoms with E-state index in [2.05, 4.69) is 4.72 Å². The SMILES string of the molecule is Cc1ccc(S(=O)(=O)Nc2ccccc2-c2ccc(O)c(C(=O)O)c2)cc1. The maximum absolute atomic E-state index is 12.7. The minimum absolute atomic E-state index is 0.125. The lowest BCUT2D eigenvalue weighted by atomic mass is 10.0. The van der Waals surface area contributed by atoms with E-state index in [1.54, 1.807) is 36.4 Å². The van der Waals surface area contributed by atoms with Crippen LogP contribution in [0.3, 0.4) is 0 Å². The molecule has 3 aromatic rings. The van der Waals surface area contributed by atoms with Crippen LogP contribution in [0.25, 0.3) is 11.1 Å². The van der Waals surface area contributed by atoms with Crippen molar-refractivity contribution < 1.29 is 23.4 Å². The molecule has 0 saturated carbocycles. The zero-order chi connectivity index (χ0) is 19.6. The van der Waals surface area contributed by atoms with Gasteiger partial charge in [-0.1, -0.05) is 42.0 Å². The van der Waals surface area contributed by atoms with Gasteiger partial charge in [0.2, 0.25) is 0 Å². The van der Waals surface area contributed by atoms with E-state index in [1.165, 1.54) is 30.3 Å². The normalized spacial score (nSPS) is 11.1. The summed E-state index contributed by atoms with van der Waals surface area (Å²) in [5.41, 5.74) is 1.95. The molecule has 0 aromatic heterocycles. The fraction of sp³-hybridized carbons (Fsp3) is 0.0500. The molecule has 0 bridgehead atoms. The Morgan fingerprint density at radius 2 is 1.63 bits per heavy atom. The largest absolute Gasteiger partial charge is 0.507 e. The van der Waals surface area contributed by atoms with E-state index < -0.39 is 16.0 Å². The fourth-order valence-electron chi connectivity index (χ4n) is 2.62. The summed E-state index contributed by atoms with van der Waals surface area (Å²) in [7, 11) is -3.81. The number of hydrogen-bond donors (Lipinski definition) is 3. The fourth-order valence-corrected chi connectivity index (χ4v) is 3.70. The average Bonchev–Trinajstić information content (AvgIpc) is 2.62. The van der Waals surface area contributed by atoms with Crippen molar-refractivity contribution in [1.82, 2.24) is 0 Å². The van der Waals surface area contributed by atoms with Gasteiger partial charge in [-0.25, -0.2) is 13.2 Å². The maximum Gasteiger partial charge on any atom is 0.339 e. The van der Waals surface area contributed by atoms with Gasteiger partial charge in [-0.3, -0.25) is 4.72 Å². The second kappa shape index (κ2) is 7.13. The van der Waals surface area contributed by atoms with Gasteiger partial charge in [-0.2, -0.15) is 0 Å². The molecule has 138 valence electrons. The van der Waals surface area contributed by atoms with Gasteiger partial charge < -0.3 is 10.2 Å². The third kappa shape index (κ3) is 3.93. The molecule has 0 fully saturated rings. The minimum atomic E-state index is -3.81. The van der Waals surface area contributed by atoms with Gasteiger partial charge >= 0.3 is 5.97 Å². The van der Waals surface area contributed by atoms with E-state index >= 15 is 0 Å². The van der Waals surface area contributed by atoms with Gasteiger partial charge in [-0.15, -0.1) is 0 Å². The highest BCUT2D eigenvalue weighted by Gasteiger charge is 2.18. The number of rotatable bonds is 5. The van der Waals surface area contributed by atoms with Crippen molar-refractivity contribution in [2.24, 2.45) is 0 Å². The molecule has 27 heavy (non-hydrogen) atoms. The molecule has 0 unspecified atom stereocenters. The number of carboxylic acid groups (broad SMARTS) is 1. The van der Waals surface area contributed by atoms with Crippen LogP contribution in [0, 0.1) is 6.92 Å². The number of carbonyl (C=O) groups is 1. The average molecular weight is 383 g/mol. The molecule has 0 spiro atoms. The summed E-state index contributed by atoms with van der Waals surface area (Å²) in [5.74, 6) is -1.63. The number of benzene rings is 3. The van der Waals surface area contributed by atoms with Crippen molar-refractivity contribution in [3.63, 3.8) is 0 Å². The van der Waals surface area contributed by atoms with Gasteiger partial charge in [0.15, 0.2) is 0 Å². The number of nitrogens with one attached hydrogen (secondary N) is 1. The van der Waals surface area contributed by atoms with E-state index in [-0.39, 0.29) is 16.2 Å². The van der Waals surface area contributed by atoms with Crippen molar-refractivity contribution >= 4 is 21.7 Å². The third-order valence-corrected chi connectivity index (χ3v) is 5.42. The Morgan fingerprint density at radius 3 is 2.30 bits per heavy atom. The lowest BCUT2D eigenvalue weighted by Gasteiger charge is -2.14. The molecule has 0 amide bonds. The smallest absolute Gasteiger partial charge is 0.339 e. The van der Waals surface area contributed by atoms with Gasteiger partial charge in [0, 0.05) is 5.56 Å². The molecule has 0 radical (unpaired) electrons. The lowest BCUT2D eigenvalue weighted by Crippen LogP contribution is -2.13. The minimum Gasteiger partial charge on any atom is -0.507 e. The number of phenols is 1. The zero-order valence-corrected chi connectivity index (χ0v) is 15.2. The topological polar surface area (TPSA) is 104 Å². The number of carboxylic acids is 1. The Labute approximate surface area is 156 Å². The molecule has 0 aliphatic heterocycles. The van der Waals surface area contributed by atoms with Crippen LogP contribution in [0.15, 0.2) is 71.6 Å². The Morgan fingerprint density at radius 1 is 0.963 bits per heavy atom. The Hall–Kier alpha value is -3.32. The first-order valence-corrected chi connectivity index (χ1v) is 9.51. The number of para-hydroxylation sites is 1. The Kier molecular flexibility index (Phi) is 4.87. The summed E-state index contributed by atoms with van der Waals surface area (Å²) < 4.78 is 27.9. The van der Waals surface area contributed by atoms with Crippen LogP contribution in [-0.2, 0) is 10.0 Å². The zero-order valence-electron chi connectivity index (χ0n) is 14.4. The van der Waals surface area contributed by atoms with Gasteiger partial charge in [0.05, 0.1) is 10.6 Å². The number of hydrogen-bond acceptors (Lipinski definition) is 4. The van der Waals surface area contributed by atoms with Crippen molar-refractivity contribution in [3.8, 4) is 16.9 Å². The maximum atomic E-state index is 12.7. The highest BCUT2D eigenvalue weighted by atomic mass is 32.2. The lowest BCUT2D eigenvalue weighted by molar-refractivity contribution is 0.0693. The van der Waals surface area contributed by atoms with Crippen LogP contribution in [0.5, 0.6) is 5.75 Å².